The fourth-order valence-corrected chi connectivity index (χ4v) is 16.3. The van der Waals surface area contributed by atoms with Crippen molar-refractivity contribution >= 4 is 153 Å². The number of anilines is 6. The molecule has 0 bridgehead atoms. The van der Waals surface area contributed by atoms with Gasteiger partial charge in [-0.25, -0.2) is 0 Å². The molecule has 98 heavy (non-hydrogen) atoms. The van der Waals surface area contributed by atoms with Crippen molar-refractivity contribution in [2.24, 2.45) is 0 Å². The predicted octanol–water partition coefficient (Wildman–Crippen LogP) is 27.3. The molecule has 5 nitrogen and oxygen atoms in total. The van der Waals surface area contributed by atoms with Crippen LogP contribution in [-0.2, 0) is 0 Å². The zero-order valence-corrected chi connectivity index (χ0v) is 53.7. The number of rotatable bonds is 11. The molecule has 0 N–H and O–H groups in total. The van der Waals surface area contributed by atoms with Crippen molar-refractivity contribution in [1.29, 1.82) is 0 Å². The molecule has 0 atom stereocenters. The van der Waals surface area contributed by atoms with E-state index >= 15 is 0 Å². The third-order valence-electron chi connectivity index (χ3n) is 19.8. The van der Waals surface area contributed by atoms with Crippen LogP contribution in [0.5, 0.6) is 0 Å². The lowest BCUT2D eigenvalue weighted by Gasteiger charge is -2.29. The molecule has 0 saturated heterocycles. The fourth-order valence-electron chi connectivity index (χ4n) is 15.2. The van der Waals surface area contributed by atoms with Gasteiger partial charge in [-0.05, 0) is 181 Å². The maximum absolute atomic E-state index is 6.64. The van der Waals surface area contributed by atoms with E-state index in [0.717, 1.165) is 172 Å². The Bertz CT molecular complexity index is 6590. The van der Waals surface area contributed by atoms with Crippen LogP contribution in [0.4, 0.5) is 34.1 Å². The summed E-state index contributed by atoms with van der Waals surface area (Å²) in [6.45, 7) is 0. The van der Waals surface area contributed by atoms with Crippen LogP contribution >= 0.6 is 11.3 Å². The van der Waals surface area contributed by atoms with Gasteiger partial charge < -0.3 is 23.1 Å². The molecule has 20 aromatic rings. The maximum Gasteiger partial charge on any atom is 0.137 e. The molecule has 6 heteroatoms. The molecule has 4 heterocycles. The summed E-state index contributed by atoms with van der Waals surface area (Å²) in [4.78, 5) is 4.87. The van der Waals surface area contributed by atoms with Crippen LogP contribution in [0.25, 0.3) is 163 Å². The number of hydrogen-bond donors (Lipinski definition) is 0. The monoisotopic (exact) mass is 1270 g/mol. The van der Waals surface area contributed by atoms with Crippen molar-refractivity contribution < 1.29 is 13.3 Å². The third kappa shape index (κ3) is 9.22. The first kappa shape index (κ1) is 55.7. The van der Waals surface area contributed by atoms with Crippen LogP contribution in [0.3, 0.4) is 0 Å². The molecule has 0 unspecified atom stereocenters. The van der Waals surface area contributed by atoms with Gasteiger partial charge >= 0.3 is 0 Å². The van der Waals surface area contributed by atoms with Crippen LogP contribution in [0, 0.1) is 0 Å². The second-order valence-electron chi connectivity index (χ2n) is 25.5. The lowest BCUT2D eigenvalue weighted by molar-refractivity contribution is 0.668. The maximum atomic E-state index is 6.64. The highest BCUT2D eigenvalue weighted by molar-refractivity contribution is 7.25. The van der Waals surface area contributed by atoms with E-state index in [0.29, 0.717) is 0 Å². The molecule has 458 valence electrons. The van der Waals surface area contributed by atoms with Gasteiger partial charge in [-0.2, -0.15) is 0 Å². The van der Waals surface area contributed by atoms with Gasteiger partial charge in [-0.1, -0.05) is 218 Å². The van der Waals surface area contributed by atoms with Crippen LogP contribution in [-0.4, -0.2) is 0 Å². The van der Waals surface area contributed by atoms with Crippen LogP contribution in [0.1, 0.15) is 0 Å². The van der Waals surface area contributed by atoms with Crippen molar-refractivity contribution in [2.75, 3.05) is 9.80 Å². The summed E-state index contributed by atoms with van der Waals surface area (Å²) in [6.07, 6.45) is 0. The van der Waals surface area contributed by atoms with Crippen molar-refractivity contribution in [3.8, 4) is 55.6 Å². The number of hydrogen-bond acceptors (Lipinski definition) is 6. The third-order valence-corrected chi connectivity index (χ3v) is 21.0. The average molecular weight is 1270 g/mol. The number of furan rings is 3. The van der Waals surface area contributed by atoms with E-state index in [1.54, 1.807) is 0 Å². The van der Waals surface area contributed by atoms with E-state index in [1.165, 1.54) is 25.7 Å². The number of thiophene rings is 1. The Morgan fingerprint density at radius 1 is 0.194 bits per heavy atom. The first-order valence-electron chi connectivity index (χ1n) is 33.2. The lowest BCUT2D eigenvalue weighted by atomic mass is 9.91. The van der Waals surface area contributed by atoms with E-state index in [9.17, 15) is 0 Å². The molecule has 0 radical (unpaired) electrons. The van der Waals surface area contributed by atoms with Crippen LogP contribution < -0.4 is 9.80 Å². The van der Waals surface area contributed by atoms with Crippen molar-refractivity contribution in [3.63, 3.8) is 0 Å². The van der Waals surface area contributed by atoms with E-state index in [-0.39, 0.29) is 0 Å². The minimum atomic E-state index is 0.830. The minimum Gasteiger partial charge on any atom is -0.456 e. The van der Waals surface area contributed by atoms with Gasteiger partial charge in [-0.15, -0.1) is 11.3 Å². The molecule has 0 aliphatic heterocycles. The van der Waals surface area contributed by atoms with Crippen LogP contribution in [0.2, 0.25) is 0 Å². The molecule has 20 rings (SSSR count). The van der Waals surface area contributed by atoms with E-state index in [4.69, 9.17) is 13.3 Å². The smallest absolute Gasteiger partial charge is 0.137 e. The molecule has 0 spiro atoms. The molecule has 0 saturated carbocycles. The van der Waals surface area contributed by atoms with Gasteiger partial charge in [0.2, 0.25) is 0 Å². The summed E-state index contributed by atoms with van der Waals surface area (Å²) in [7, 11) is 0. The summed E-state index contributed by atoms with van der Waals surface area (Å²) < 4.78 is 22.0. The highest BCUT2D eigenvalue weighted by Gasteiger charge is 2.26. The average Bonchev–Trinajstić information content (AvgIpc) is 1.51. The number of para-hydroxylation sites is 3. The Hall–Kier alpha value is -12.7. The standard InChI is InChI=1S/C92H56N2O3S/c1-2-16-57(17-3-1)61-19-14-22-68(51-61)94(70-42-45-78-77-27-9-13-31-89(77)98-90(78)56-70)82-47-38-64-50-63(36-43-72(64)92(82)66-40-49-87-80(54-66)75-26-8-12-30-85(75)96-87)59-34-32-58(33-35-59)62-20-15-21-67(52-62)93(69-41-44-76-73-24-6-10-28-83(73)97-88(76)55-69)81-46-37-60-18-4-5-23-71(60)91(81)65-39-48-86-79(53-65)74-25-7-11-29-84(74)95-86/h1-56H. The molecule has 0 aliphatic rings. The Kier molecular flexibility index (Phi) is 12.8. The Morgan fingerprint density at radius 3 is 1.21 bits per heavy atom. The van der Waals surface area contributed by atoms with Crippen molar-refractivity contribution in [2.45, 2.75) is 0 Å². The SMILES string of the molecule is c1ccc(-c2cccc(N(c3ccc4c(c3)sc3ccccc34)c3ccc4cc(-c5ccc(-c6cccc(N(c7ccc8c(c7)oc7ccccc78)c7ccc8ccccc8c7-c7ccc8oc9ccccc9c8c7)c6)cc5)ccc4c3-c3ccc4oc5ccccc5c4c3)c2)cc1. The first-order valence-corrected chi connectivity index (χ1v) is 34.1. The molecule has 4 aromatic heterocycles. The largest absolute Gasteiger partial charge is 0.456 e. The van der Waals surface area contributed by atoms with Crippen molar-refractivity contribution in [1.82, 2.24) is 0 Å². The Morgan fingerprint density at radius 2 is 0.592 bits per heavy atom. The summed E-state index contributed by atoms with van der Waals surface area (Å²) >= 11 is 1.85. The highest BCUT2D eigenvalue weighted by Crippen LogP contribution is 2.51. The van der Waals surface area contributed by atoms with E-state index in [2.05, 4.69) is 319 Å². The number of nitrogens with zero attached hydrogens (tertiary/aromatic N) is 2. The topological polar surface area (TPSA) is 45.9 Å². The molecular formula is C92H56N2O3S. The van der Waals surface area contributed by atoms with Crippen LogP contribution in [0.15, 0.2) is 353 Å². The molecule has 0 fully saturated rings. The van der Waals surface area contributed by atoms with Crippen molar-refractivity contribution in [3.05, 3.63) is 340 Å². The second-order valence-corrected chi connectivity index (χ2v) is 26.6. The molecule has 0 amide bonds. The fraction of sp³-hybridized carbons (Fsp3) is 0. The Balaban J connectivity index is 0.718. The summed E-state index contributed by atoms with van der Waals surface area (Å²) in [5.74, 6) is 0. The summed E-state index contributed by atoms with van der Waals surface area (Å²) in [6, 6.07) is 123. The van der Waals surface area contributed by atoms with Gasteiger partial charge in [0.25, 0.3) is 0 Å². The van der Waals surface area contributed by atoms with Gasteiger partial charge in [0.05, 0.1) is 11.4 Å². The quantitative estimate of drug-likeness (QED) is 0.129. The molecular weight excluding hydrogens is 1210 g/mol. The highest BCUT2D eigenvalue weighted by atomic mass is 32.1. The normalized spacial score (nSPS) is 11.9. The summed E-state index contributed by atoms with van der Waals surface area (Å²) in [5, 5.41) is 13.7. The van der Waals surface area contributed by atoms with Gasteiger partial charge in [0.15, 0.2) is 0 Å². The van der Waals surface area contributed by atoms with E-state index in [1.807, 2.05) is 41.7 Å². The first-order chi connectivity index (χ1) is 48.5. The number of benzene rings is 16. The van der Waals surface area contributed by atoms with E-state index < -0.39 is 0 Å². The molecule has 16 aromatic carbocycles. The zero-order valence-electron chi connectivity index (χ0n) is 52.9. The minimum absolute atomic E-state index is 0.830. The van der Waals surface area contributed by atoms with Gasteiger partial charge in [0, 0.05) is 92.4 Å². The molecule has 0 aliphatic carbocycles. The summed E-state index contributed by atoms with van der Waals surface area (Å²) in [5.41, 5.74) is 22.7. The zero-order chi connectivity index (χ0) is 64.4. The second kappa shape index (κ2) is 22.5. The Labute approximate surface area is 567 Å². The van der Waals surface area contributed by atoms with Gasteiger partial charge in [0.1, 0.15) is 33.5 Å². The van der Waals surface area contributed by atoms with Gasteiger partial charge in [-0.3, -0.25) is 0 Å². The predicted molar refractivity (Wildman–Crippen MR) is 413 cm³/mol. The lowest BCUT2D eigenvalue weighted by Crippen LogP contribution is -2.11. The number of fused-ring (bicyclic) bond motifs is 14.